The minimum absolute atomic E-state index is 0.0329. The molecule has 3 rings (SSSR count). The summed E-state index contributed by atoms with van der Waals surface area (Å²) < 4.78 is 0.804. The molecular formula is C13H13N3O3S. The van der Waals surface area contributed by atoms with Crippen LogP contribution in [0.15, 0.2) is 18.2 Å². The van der Waals surface area contributed by atoms with Crippen LogP contribution in [0, 0.1) is 0 Å². The zero-order valence-electron chi connectivity index (χ0n) is 10.6. The number of thiazole rings is 1. The third-order valence-electron chi connectivity index (χ3n) is 3.24. The molecule has 6 nitrogen and oxygen atoms in total. The summed E-state index contributed by atoms with van der Waals surface area (Å²) in [5, 5.41) is 11.2. The van der Waals surface area contributed by atoms with Gasteiger partial charge in [0.2, 0.25) is 0 Å². The maximum atomic E-state index is 12.3. The van der Waals surface area contributed by atoms with E-state index in [0.717, 1.165) is 30.6 Å². The number of fused-ring (bicyclic) bond motifs is 1. The highest BCUT2D eigenvalue weighted by molar-refractivity contribution is 7.22. The van der Waals surface area contributed by atoms with Gasteiger partial charge in [0.05, 0.1) is 10.2 Å². The summed E-state index contributed by atoms with van der Waals surface area (Å²) in [6.07, 6.45) is 0.972. The van der Waals surface area contributed by atoms with Crippen molar-refractivity contribution >= 4 is 38.7 Å². The maximum Gasteiger partial charge on any atom is 0.410 e. The van der Waals surface area contributed by atoms with Gasteiger partial charge in [-0.25, -0.2) is 9.78 Å². The van der Waals surface area contributed by atoms with Crippen LogP contribution in [0.1, 0.15) is 23.2 Å². The highest BCUT2D eigenvalue weighted by Gasteiger charge is 2.20. The normalized spacial score (nSPS) is 14.7. The summed E-state index contributed by atoms with van der Waals surface area (Å²) in [4.78, 5) is 28.9. The summed E-state index contributed by atoms with van der Waals surface area (Å²) in [5.41, 5.74) is 1.32. The zero-order chi connectivity index (χ0) is 14.1. The largest absolute Gasteiger partial charge is 0.465 e. The molecule has 2 aromatic rings. The molecule has 7 heteroatoms. The number of carbonyl (C=O) groups excluding carboxylic acids is 1. The van der Waals surface area contributed by atoms with Crippen LogP contribution < -0.4 is 5.32 Å². The van der Waals surface area contributed by atoms with Crippen molar-refractivity contribution in [3.63, 3.8) is 0 Å². The molecule has 1 fully saturated rings. The molecule has 2 N–H and O–H groups in total. The van der Waals surface area contributed by atoms with E-state index >= 15 is 0 Å². The molecule has 0 radical (unpaired) electrons. The second-order valence-electron chi connectivity index (χ2n) is 4.63. The maximum absolute atomic E-state index is 12.3. The molecule has 0 atom stereocenters. The van der Waals surface area contributed by atoms with Crippen molar-refractivity contribution in [1.82, 2.24) is 9.88 Å². The lowest BCUT2D eigenvalue weighted by Gasteiger charge is -2.14. The molecule has 0 unspecified atom stereocenters. The fraction of sp³-hybridized carbons (Fsp3) is 0.308. The Bertz CT molecular complexity index is 677. The molecule has 0 saturated carbocycles. The highest BCUT2D eigenvalue weighted by atomic mass is 32.1. The van der Waals surface area contributed by atoms with E-state index in [1.807, 2.05) is 4.90 Å². The first kappa shape index (κ1) is 12.9. The first-order valence-corrected chi connectivity index (χ1v) is 7.15. The molecule has 2 amide bonds. The van der Waals surface area contributed by atoms with Gasteiger partial charge in [0.1, 0.15) is 0 Å². The van der Waals surface area contributed by atoms with Gasteiger partial charge in [0.25, 0.3) is 5.91 Å². The summed E-state index contributed by atoms with van der Waals surface area (Å²) in [6.45, 7) is 1.62. The lowest BCUT2D eigenvalue weighted by molar-refractivity contribution is 0.0793. The molecule has 104 valence electrons. The van der Waals surface area contributed by atoms with E-state index in [4.69, 9.17) is 5.11 Å². The Morgan fingerprint density at radius 1 is 1.30 bits per heavy atom. The van der Waals surface area contributed by atoms with Gasteiger partial charge in [-0.2, -0.15) is 0 Å². The molecular weight excluding hydrogens is 278 g/mol. The Labute approximate surface area is 119 Å². The van der Waals surface area contributed by atoms with Gasteiger partial charge in [0.15, 0.2) is 5.13 Å². The van der Waals surface area contributed by atoms with Gasteiger partial charge in [-0.1, -0.05) is 11.3 Å². The fourth-order valence-corrected chi connectivity index (χ4v) is 3.20. The summed E-state index contributed by atoms with van der Waals surface area (Å²) >= 11 is 1.23. The Balaban J connectivity index is 1.89. The molecule has 1 aliphatic rings. The monoisotopic (exact) mass is 291 g/mol. The van der Waals surface area contributed by atoms with Crippen molar-refractivity contribution in [3.8, 4) is 0 Å². The standard InChI is InChI=1S/C13H13N3O3S/c17-11(16-5-1-2-6-16)8-3-4-9-10(7-8)20-12(14-9)15-13(18)19/h3-4,7H,1-2,5-6H2,(H,14,15)(H,18,19). The zero-order valence-corrected chi connectivity index (χ0v) is 11.4. The molecule has 1 aromatic heterocycles. The summed E-state index contributed by atoms with van der Waals surface area (Å²) in [7, 11) is 0. The second-order valence-corrected chi connectivity index (χ2v) is 5.66. The first-order chi connectivity index (χ1) is 9.63. The third kappa shape index (κ3) is 2.44. The number of nitrogens with one attached hydrogen (secondary N) is 1. The number of hydrogen-bond acceptors (Lipinski definition) is 4. The van der Waals surface area contributed by atoms with Gasteiger partial charge < -0.3 is 10.0 Å². The van der Waals surface area contributed by atoms with Crippen LogP contribution in [0.3, 0.4) is 0 Å². The van der Waals surface area contributed by atoms with E-state index < -0.39 is 6.09 Å². The van der Waals surface area contributed by atoms with E-state index in [1.54, 1.807) is 18.2 Å². The van der Waals surface area contributed by atoms with Crippen LogP contribution in [-0.2, 0) is 0 Å². The average Bonchev–Trinajstić information content (AvgIpc) is 3.04. The quantitative estimate of drug-likeness (QED) is 0.891. The van der Waals surface area contributed by atoms with Gasteiger partial charge in [-0.3, -0.25) is 10.1 Å². The number of nitrogens with zero attached hydrogens (tertiary/aromatic N) is 2. The van der Waals surface area contributed by atoms with Gasteiger partial charge in [0, 0.05) is 18.7 Å². The molecule has 20 heavy (non-hydrogen) atoms. The van der Waals surface area contributed by atoms with E-state index in [9.17, 15) is 9.59 Å². The summed E-state index contributed by atoms with van der Waals surface area (Å²) in [5.74, 6) is 0.0329. The van der Waals surface area contributed by atoms with Crippen LogP contribution in [0.5, 0.6) is 0 Å². The predicted octanol–water partition coefficient (Wildman–Crippen LogP) is 2.62. The van der Waals surface area contributed by atoms with Crippen LogP contribution in [-0.4, -0.2) is 40.1 Å². The molecule has 2 heterocycles. The van der Waals surface area contributed by atoms with Crippen LogP contribution in [0.2, 0.25) is 0 Å². The Kier molecular flexibility index (Phi) is 3.27. The minimum Gasteiger partial charge on any atom is -0.465 e. The number of carbonyl (C=O) groups is 2. The van der Waals surface area contributed by atoms with E-state index in [0.29, 0.717) is 16.2 Å². The van der Waals surface area contributed by atoms with Crippen molar-refractivity contribution in [2.24, 2.45) is 0 Å². The van der Waals surface area contributed by atoms with Crippen LogP contribution in [0.25, 0.3) is 10.2 Å². The topological polar surface area (TPSA) is 82.5 Å². The van der Waals surface area contributed by atoms with Gasteiger partial charge in [-0.05, 0) is 31.0 Å². The number of amides is 2. The predicted molar refractivity (Wildman–Crippen MR) is 76.4 cm³/mol. The molecule has 1 saturated heterocycles. The number of rotatable bonds is 2. The van der Waals surface area contributed by atoms with Crippen molar-refractivity contribution in [1.29, 1.82) is 0 Å². The number of anilines is 1. The Morgan fingerprint density at radius 2 is 2.05 bits per heavy atom. The van der Waals surface area contributed by atoms with Crippen LogP contribution >= 0.6 is 11.3 Å². The van der Waals surface area contributed by atoms with Crippen molar-refractivity contribution in [2.45, 2.75) is 12.8 Å². The Morgan fingerprint density at radius 3 is 2.75 bits per heavy atom. The second kappa shape index (κ2) is 5.09. The molecule has 0 aliphatic carbocycles. The molecule has 1 aromatic carbocycles. The average molecular weight is 291 g/mol. The number of carboxylic acid groups (broad SMARTS) is 1. The number of aromatic nitrogens is 1. The Hall–Kier alpha value is -2.15. The van der Waals surface area contributed by atoms with Gasteiger partial charge >= 0.3 is 6.09 Å². The number of benzene rings is 1. The highest BCUT2D eigenvalue weighted by Crippen LogP contribution is 2.27. The SMILES string of the molecule is O=C(O)Nc1nc2ccc(C(=O)N3CCCC3)cc2s1. The molecule has 0 bridgehead atoms. The fourth-order valence-electron chi connectivity index (χ4n) is 2.31. The lowest BCUT2D eigenvalue weighted by Crippen LogP contribution is -2.27. The number of hydrogen-bond donors (Lipinski definition) is 2. The van der Waals surface area contributed by atoms with Gasteiger partial charge in [-0.15, -0.1) is 0 Å². The van der Waals surface area contributed by atoms with E-state index in [2.05, 4.69) is 10.3 Å². The molecule has 1 aliphatic heterocycles. The van der Waals surface area contributed by atoms with E-state index in [-0.39, 0.29) is 5.91 Å². The van der Waals surface area contributed by atoms with Crippen molar-refractivity contribution < 1.29 is 14.7 Å². The lowest BCUT2D eigenvalue weighted by atomic mass is 10.2. The smallest absolute Gasteiger partial charge is 0.410 e. The first-order valence-electron chi connectivity index (χ1n) is 6.33. The minimum atomic E-state index is -1.14. The van der Waals surface area contributed by atoms with Crippen molar-refractivity contribution in [3.05, 3.63) is 23.8 Å². The number of likely N-dealkylation sites (tertiary alicyclic amines) is 1. The van der Waals surface area contributed by atoms with Crippen molar-refractivity contribution in [2.75, 3.05) is 18.4 Å². The third-order valence-corrected chi connectivity index (χ3v) is 4.18. The van der Waals surface area contributed by atoms with Crippen LogP contribution in [0.4, 0.5) is 9.93 Å². The van der Waals surface area contributed by atoms with E-state index in [1.165, 1.54) is 11.3 Å². The molecule has 0 spiro atoms. The summed E-state index contributed by atoms with van der Waals surface area (Å²) in [6, 6.07) is 5.27.